The molecule has 0 saturated carbocycles. The second-order valence-electron chi connectivity index (χ2n) is 20.9. The third kappa shape index (κ3) is 7.37. The normalized spacial score (nSPS) is 12.4. The van der Waals surface area contributed by atoms with Crippen LogP contribution in [0.5, 0.6) is 0 Å². The summed E-state index contributed by atoms with van der Waals surface area (Å²) < 4.78 is 15.0. The van der Waals surface area contributed by atoms with Crippen LogP contribution < -0.4 is 0 Å². The van der Waals surface area contributed by atoms with E-state index in [0.29, 0.717) is 17.5 Å². The minimum atomic E-state index is 0.0647. The molecule has 0 amide bonds. The lowest BCUT2D eigenvalue weighted by Gasteiger charge is -2.19. The largest absolute Gasteiger partial charge is 0.456 e. The Morgan fingerprint density at radius 3 is 1.30 bits per heavy atom. The third-order valence-corrected chi connectivity index (χ3v) is 14.2. The zero-order valence-electron chi connectivity index (χ0n) is 40.6. The van der Waals surface area contributed by atoms with Crippen molar-refractivity contribution in [3.8, 4) is 62.1 Å². The van der Waals surface area contributed by atoms with Crippen molar-refractivity contribution < 1.29 is 8.83 Å². The zero-order chi connectivity index (χ0) is 48.2. The summed E-state index contributed by atoms with van der Waals surface area (Å²) >= 11 is 0. The molecule has 6 nitrogen and oxygen atoms in total. The first-order valence-electron chi connectivity index (χ1n) is 24.4. The van der Waals surface area contributed by atoms with Gasteiger partial charge >= 0.3 is 0 Å². The topological polar surface area (TPSA) is 69.9 Å². The standard InChI is InChI=1S/C65H50N4O2/c1-64(2,3)46-26-18-39(19-27-46)41-22-30-49-50-31-23-42(40-20-28-47(29-21-40)65(4,5)6)37-56(50)69(55(49)36-41)48-13-11-12-43(34-48)61-66-62(44-25-33-59-54(35-44)52-15-8-10-17-58(52)70-59)68-63(67-61)45-24-32-53-51-14-7-9-16-57(51)71-60(53)38-45/h7-38H,1-6H3. The van der Waals surface area contributed by atoms with E-state index in [1.807, 2.05) is 54.6 Å². The van der Waals surface area contributed by atoms with E-state index in [4.69, 9.17) is 23.8 Å². The Balaban J connectivity index is 1.00. The molecule has 0 N–H and O–H groups in total. The average molecular weight is 919 g/mol. The van der Waals surface area contributed by atoms with Crippen molar-refractivity contribution in [3.05, 3.63) is 205 Å². The van der Waals surface area contributed by atoms with Crippen LogP contribution >= 0.6 is 0 Å². The Hall–Kier alpha value is -8.61. The van der Waals surface area contributed by atoms with Gasteiger partial charge in [0.2, 0.25) is 0 Å². The van der Waals surface area contributed by atoms with Crippen molar-refractivity contribution in [3.63, 3.8) is 0 Å². The summed E-state index contributed by atoms with van der Waals surface area (Å²) in [6.45, 7) is 13.6. The number of fused-ring (bicyclic) bond motifs is 9. The van der Waals surface area contributed by atoms with Crippen molar-refractivity contribution >= 4 is 65.7 Å². The van der Waals surface area contributed by atoms with Gasteiger partial charge in [0.25, 0.3) is 0 Å². The summed E-state index contributed by atoms with van der Waals surface area (Å²) in [4.78, 5) is 15.8. The molecule has 0 aliphatic carbocycles. The lowest BCUT2D eigenvalue weighted by molar-refractivity contribution is 0.590. The highest BCUT2D eigenvalue weighted by Gasteiger charge is 2.21. The van der Waals surface area contributed by atoms with Crippen LogP contribution in [0.4, 0.5) is 0 Å². The van der Waals surface area contributed by atoms with Gasteiger partial charge < -0.3 is 13.4 Å². The van der Waals surface area contributed by atoms with E-state index in [1.165, 1.54) is 33.0 Å². The van der Waals surface area contributed by atoms with Gasteiger partial charge in [-0.3, -0.25) is 0 Å². The average Bonchev–Trinajstić information content (AvgIpc) is 4.06. The highest BCUT2D eigenvalue weighted by molar-refractivity contribution is 6.11. The number of nitrogens with zero attached hydrogens (tertiary/aromatic N) is 4. The number of furan rings is 2. The van der Waals surface area contributed by atoms with E-state index in [1.54, 1.807) is 0 Å². The van der Waals surface area contributed by atoms with Gasteiger partial charge in [-0.05, 0) is 111 Å². The van der Waals surface area contributed by atoms with Crippen molar-refractivity contribution in [2.75, 3.05) is 0 Å². The molecule has 4 aromatic heterocycles. The quantitative estimate of drug-likeness (QED) is 0.166. The zero-order valence-corrected chi connectivity index (χ0v) is 40.6. The summed E-state index contributed by atoms with van der Waals surface area (Å²) in [7, 11) is 0. The maximum Gasteiger partial charge on any atom is 0.164 e. The predicted octanol–water partition coefficient (Wildman–Crippen LogP) is 17.7. The van der Waals surface area contributed by atoms with Crippen molar-refractivity contribution in [1.29, 1.82) is 0 Å². The first-order valence-corrected chi connectivity index (χ1v) is 24.4. The second-order valence-corrected chi connectivity index (χ2v) is 20.9. The predicted molar refractivity (Wildman–Crippen MR) is 293 cm³/mol. The molecule has 0 saturated heterocycles. The highest BCUT2D eigenvalue weighted by atomic mass is 16.3. The second kappa shape index (κ2) is 16.0. The van der Waals surface area contributed by atoms with Crippen LogP contribution in [0, 0.1) is 0 Å². The molecule has 6 heteroatoms. The van der Waals surface area contributed by atoms with E-state index in [2.05, 4.69) is 186 Å². The van der Waals surface area contributed by atoms with Gasteiger partial charge in [-0.25, -0.2) is 15.0 Å². The van der Waals surface area contributed by atoms with Gasteiger partial charge in [-0.15, -0.1) is 0 Å². The van der Waals surface area contributed by atoms with Gasteiger partial charge in [0.15, 0.2) is 17.5 Å². The lowest BCUT2D eigenvalue weighted by atomic mass is 9.86. The Bertz CT molecular complexity index is 4120. The molecular formula is C65H50N4O2. The number of hydrogen-bond donors (Lipinski definition) is 0. The van der Waals surface area contributed by atoms with Crippen LogP contribution in [0.3, 0.4) is 0 Å². The summed E-state index contributed by atoms with van der Waals surface area (Å²) in [5.74, 6) is 1.68. The molecule has 71 heavy (non-hydrogen) atoms. The minimum Gasteiger partial charge on any atom is -0.456 e. The van der Waals surface area contributed by atoms with Crippen molar-refractivity contribution in [2.24, 2.45) is 0 Å². The van der Waals surface area contributed by atoms with Crippen molar-refractivity contribution in [1.82, 2.24) is 19.5 Å². The molecule has 342 valence electrons. The molecule has 13 aromatic rings. The summed E-state index contributed by atoms with van der Waals surface area (Å²) in [5, 5.41) is 6.54. The van der Waals surface area contributed by atoms with Crippen LogP contribution in [-0.4, -0.2) is 19.5 Å². The maximum atomic E-state index is 6.38. The van der Waals surface area contributed by atoms with Gasteiger partial charge in [0.05, 0.1) is 11.0 Å². The van der Waals surface area contributed by atoms with Gasteiger partial charge in [-0.2, -0.15) is 0 Å². The van der Waals surface area contributed by atoms with E-state index < -0.39 is 0 Å². The molecule has 0 spiro atoms. The monoisotopic (exact) mass is 918 g/mol. The Morgan fingerprint density at radius 1 is 0.310 bits per heavy atom. The number of rotatable bonds is 6. The Labute approximate surface area is 411 Å². The van der Waals surface area contributed by atoms with Crippen LogP contribution in [-0.2, 0) is 10.8 Å². The molecule has 0 fully saturated rings. The van der Waals surface area contributed by atoms with Gasteiger partial charge in [0, 0.05) is 54.7 Å². The molecular weight excluding hydrogens is 869 g/mol. The molecule has 9 aromatic carbocycles. The van der Waals surface area contributed by atoms with Crippen LogP contribution in [0.25, 0.3) is 128 Å². The van der Waals surface area contributed by atoms with Crippen molar-refractivity contribution in [2.45, 2.75) is 52.4 Å². The van der Waals surface area contributed by atoms with E-state index >= 15 is 0 Å². The van der Waals surface area contributed by atoms with Gasteiger partial charge in [0.1, 0.15) is 22.3 Å². The van der Waals surface area contributed by atoms with E-state index in [0.717, 1.165) is 88.4 Å². The summed E-state index contributed by atoms with van der Waals surface area (Å²) in [6, 6.07) is 69.1. The Kier molecular flexibility index (Phi) is 9.56. The Morgan fingerprint density at radius 2 is 0.732 bits per heavy atom. The fourth-order valence-corrected chi connectivity index (χ4v) is 10.3. The lowest BCUT2D eigenvalue weighted by Crippen LogP contribution is -2.10. The first-order chi connectivity index (χ1) is 34.4. The van der Waals surface area contributed by atoms with E-state index in [-0.39, 0.29) is 10.8 Å². The SMILES string of the molecule is CC(C)(C)c1ccc(-c2ccc3c4ccc(-c5ccc(C(C)(C)C)cc5)cc4n(-c4cccc(-c5nc(-c6ccc7c(c6)oc6ccccc67)nc(-c6ccc7oc8ccccc8c7c6)n5)c4)c3c2)cc1. The summed E-state index contributed by atoms with van der Waals surface area (Å²) in [6.07, 6.45) is 0. The van der Waals surface area contributed by atoms with E-state index in [9.17, 15) is 0 Å². The molecule has 0 aliphatic rings. The minimum absolute atomic E-state index is 0.0647. The molecule has 0 aliphatic heterocycles. The molecule has 13 rings (SSSR count). The third-order valence-electron chi connectivity index (χ3n) is 14.2. The molecule has 0 radical (unpaired) electrons. The number of para-hydroxylation sites is 2. The van der Waals surface area contributed by atoms with Crippen LogP contribution in [0.1, 0.15) is 52.7 Å². The fraction of sp³-hybridized carbons (Fsp3) is 0.123. The number of hydrogen-bond acceptors (Lipinski definition) is 5. The maximum absolute atomic E-state index is 6.38. The molecule has 0 atom stereocenters. The first kappa shape index (κ1) is 42.5. The number of benzene rings is 9. The summed E-state index contributed by atoms with van der Waals surface area (Å²) in [5.41, 5.74) is 16.5. The van der Waals surface area contributed by atoms with Crippen LogP contribution in [0.2, 0.25) is 0 Å². The molecule has 0 unspecified atom stereocenters. The van der Waals surface area contributed by atoms with Gasteiger partial charge in [-0.1, -0.05) is 169 Å². The highest BCUT2D eigenvalue weighted by Crippen LogP contribution is 2.40. The number of aromatic nitrogens is 4. The fourth-order valence-electron chi connectivity index (χ4n) is 10.3. The van der Waals surface area contributed by atoms with Crippen LogP contribution in [0.15, 0.2) is 203 Å². The molecule has 4 heterocycles. The smallest absolute Gasteiger partial charge is 0.164 e. The molecule has 0 bridgehead atoms.